The summed E-state index contributed by atoms with van der Waals surface area (Å²) < 4.78 is 5.13. The number of carbonyl (C=O) groups excluding carboxylic acids is 1. The lowest BCUT2D eigenvalue weighted by Gasteiger charge is -2.25. The number of alkyl carbamates (subject to hydrolysis) is 1. The van der Waals surface area contributed by atoms with Crippen molar-refractivity contribution in [3.05, 3.63) is 0 Å². The van der Waals surface area contributed by atoms with Gasteiger partial charge in [0.15, 0.2) is 0 Å². The molecule has 1 saturated carbocycles. The summed E-state index contributed by atoms with van der Waals surface area (Å²) in [5.74, 6) is 0. The second-order valence-electron chi connectivity index (χ2n) is 5.54. The monoisotopic (exact) mass is 215 g/mol. The van der Waals surface area contributed by atoms with E-state index in [9.17, 15) is 9.90 Å². The van der Waals surface area contributed by atoms with Crippen molar-refractivity contribution in [3.8, 4) is 0 Å². The van der Waals surface area contributed by atoms with E-state index in [4.69, 9.17) is 4.74 Å². The highest BCUT2D eigenvalue weighted by Gasteiger charge is 2.45. The first-order chi connectivity index (χ1) is 6.77. The molecule has 0 aromatic rings. The molecule has 1 rings (SSSR count). The van der Waals surface area contributed by atoms with Crippen LogP contribution >= 0.6 is 0 Å². The van der Waals surface area contributed by atoms with Crippen LogP contribution in [-0.4, -0.2) is 29.4 Å². The van der Waals surface area contributed by atoms with Crippen molar-refractivity contribution in [2.45, 2.75) is 52.2 Å². The van der Waals surface area contributed by atoms with Crippen LogP contribution in [0, 0.1) is 5.41 Å². The first-order valence-corrected chi connectivity index (χ1v) is 5.37. The van der Waals surface area contributed by atoms with Crippen LogP contribution in [0.4, 0.5) is 4.79 Å². The maximum absolute atomic E-state index is 11.5. The van der Waals surface area contributed by atoms with E-state index in [-0.39, 0.29) is 18.1 Å². The van der Waals surface area contributed by atoms with E-state index < -0.39 is 11.7 Å². The molecular formula is C11H21NO3. The Morgan fingerprint density at radius 2 is 2.07 bits per heavy atom. The third-order valence-electron chi connectivity index (χ3n) is 2.75. The van der Waals surface area contributed by atoms with Gasteiger partial charge in [0.25, 0.3) is 0 Å². The van der Waals surface area contributed by atoms with Crippen LogP contribution in [0.3, 0.4) is 0 Å². The summed E-state index contributed by atoms with van der Waals surface area (Å²) in [6.07, 6.45) is 1.65. The van der Waals surface area contributed by atoms with Crippen LogP contribution in [-0.2, 0) is 4.74 Å². The van der Waals surface area contributed by atoms with E-state index >= 15 is 0 Å². The quantitative estimate of drug-likeness (QED) is 0.753. The maximum atomic E-state index is 11.5. The fraction of sp³-hybridized carbons (Fsp3) is 0.909. The molecule has 4 heteroatoms. The van der Waals surface area contributed by atoms with Gasteiger partial charge in [-0.15, -0.1) is 0 Å². The number of aliphatic hydroxyl groups excluding tert-OH is 1. The summed E-state index contributed by atoms with van der Waals surface area (Å²) in [7, 11) is 0. The number of nitrogens with one attached hydrogen (secondary N) is 1. The predicted octanol–water partition coefficient (Wildman–Crippen LogP) is 1.67. The van der Waals surface area contributed by atoms with Gasteiger partial charge in [-0.1, -0.05) is 6.92 Å². The molecule has 1 amide bonds. The van der Waals surface area contributed by atoms with Gasteiger partial charge in [0.1, 0.15) is 5.60 Å². The van der Waals surface area contributed by atoms with Gasteiger partial charge in [-0.05, 0) is 39.0 Å². The minimum Gasteiger partial charge on any atom is -0.444 e. The number of aliphatic hydroxyl groups is 1. The second-order valence-corrected chi connectivity index (χ2v) is 5.54. The zero-order valence-corrected chi connectivity index (χ0v) is 9.96. The average Bonchev–Trinajstić information content (AvgIpc) is 2.77. The van der Waals surface area contributed by atoms with Crippen molar-refractivity contribution in [1.82, 2.24) is 5.32 Å². The third kappa shape index (κ3) is 3.70. The summed E-state index contributed by atoms with van der Waals surface area (Å²) in [6.45, 7) is 7.49. The van der Waals surface area contributed by atoms with Crippen LogP contribution in [0.2, 0.25) is 0 Å². The molecule has 1 atom stereocenters. The van der Waals surface area contributed by atoms with Crippen molar-refractivity contribution in [3.63, 3.8) is 0 Å². The molecule has 0 unspecified atom stereocenters. The van der Waals surface area contributed by atoms with E-state index in [0.29, 0.717) is 0 Å². The lowest BCUT2D eigenvalue weighted by atomic mass is 10.0. The Hall–Kier alpha value is -0.770. The van der Waals surface area contributed by atoms with Crippen LogP contribution in [0.15, 0.2) is 0 Å². The van der Waals surface area contributed by atoms with E-state index in [1.807, 2.05) is 20.8 Å². The first kappa shape index (κ1) is 12.3. The van der Waals surface area contributed by atoms with Gasteiger partial charge in [-0.3, -0.25) is 0 Å². The fourth-order valence-electron chi connectivity index (χ4n) is 1.44. The highest BCUT2D eigenvalue weighted by molar-refractivity contribution is 5.68. The SMILES string of the molecule is CC(C)(C)OC(=O)N[C@@H](CO)C1(C)CC1. The standard InChI is InChI=1S/C11H21NO3/c1-10(2,3)15-9(14)12-8(7-13)11(4)5-6-11/h8,13H,5-7H2,1-4H3,(H,12,14)/t8-/m0/s1. The summed E-state index contributed by atoms with van der Waals surface area (Å²) in [5.41, 5.74) is -0.430. The van der Waals surface area contributed by atoms with Crippen molar-refractivity contribution in [1.29, 1.82) is 0 Å². The van der Waals surface area contributed by atoms with E-state index in [2.05, 4.69) is 12.2 Å². The number of rotatable bonds is 3. The normalized spacial score (nSPS) is 20.6. The zero-order chi connectivity index (χ0) is 11.7. The highest BCUT2D eigenvalue weighted by atomic mass is 16.6. The van der Waals surface area contributed by atoms with Crippen molar-refractivity contribution >= 4 is 6.09 Å². The number of hydrogen-bond donors (Lipinski definition) is 2. The Balaban J connectivity index is 2.42. The Morgan fingerprint density at radius 3 is 2.40 bits per heavy atom. The summed E-state index contributed by atoms with van der Waals surface area (Å²) in [4.78, 5) is 11.5. The number of ether oxygens (including phenoxy) is 1. The third-order valence-corrected chi connectivity index (χ3v) is 2.75. The van der Waals surface area contributed by atoms with Gasteiger partial charge in [0, 0.05) is 0 Å². The number of hydrogen-bond acceptors (Lipinski definition) is 3. The van der Waals surface area contributed by atoms with Gasteiger partial charge < -0.3 is 15.2 Å². The van der Waals surface area contributed by atoms with Crippen LogP contribution in [0.25, 0.3) is 0 Å². The van der Waals surface area contributed by atoms with Crippen LogP contribution < -0.4 is 5.32 Å². The molecule has 0 spiro atoms. The highest BCUT2D eigenvalue weighted by Crippen LogP contribution is 2.47. The molecule has 0 radical (unpaired) electrons. The molecule has 0 saturated heterocycles. The number of carbonyl (C=O) groups is 1. The van der Waals surface area contributed by atoms with Crippen LogP contribution in [0.5, 0.6) is 0 Å². The molecule has 1 aliphatic carbocycles. The molecule has 1 aliphatic rings. The molecule has 88 valence electrons. The van der Waals surface area contributed by atoms with Crippen LogP contribution in [0.1, 0.15) is 40.5 Å². The Labute approximate surface area is 91.0 Å². The minimum atomic E-state index is -0.492. The lowest BCUT2D eigenvalue weighted by Crippen LogP contribution is -2.45. The molecule has 0 aliphatic heterocycles. The van der Waals surface area contributed by atoms with Crippen molar-refractivity contribution in [2.24, 2.45) is 5.41 Å². The molecule has 0 aromatic heterocycles. The molecule has 15 heavy (non-hydrogen) atoms. The minimum absolute atomic E-state index is 0.0320. The number of amides is 1. The Kier molecular flexibility index (Phi) is 3.28. The lowest BCUT2D eigenvalue weighted by molar-refractivity contribution is 0.0449. The molecule has 0 aromatic carbocycles. The average molecular weight is 215 g/mol. The van der Waals surface area contributed by atoms with Gasteiger partial charge in [0.2, 0.25) is 0 Å². The maximum Gasteiger partial charge on any atom is 0.407 e. The summed E-state index contributed by atoms with van der Waals surface area (Å²) in [5, 5.41) is 11.9. The molecule has 2 N–H and O–H groups in total. The molecule has 1 fully saturated rings. The largest absolute Gasteiger partial charge is 0.444 e. The first-order valence-electron chi connectivity index (χ1n) is 5.37. The van der Waals surface area contributed by atoms with E-state index in [1.165, 1.54) is 0 Å². The van der Waals surface area contributed by atoms with Gasteiger partial charge in [-0.2, -0.15) is 0 Å². The van der Waals surface area contributed by atoms with E-state index in [0.717, 1.165) is 12.8 Å². The second kappa shape index (κ2) is 4.00. The topological polar surface area (TPSA) is 58.6 Å². The van der Waals surface area contributed by atoms with Gasteiger partial charge >= 0.3 is 6.09 Å². The smallest absolute Gasteiger partial charge is 0.407 e. The van der Waals surface area contributed by atoms with Gasteiger partial charge in [-0.25, -0.2) is 4.79 Å². The summed E-state index contributed by atoms with van der Waals surface area (Å²) >= 11 is 0. The molecule has 4 nitrogen and oxygen atoms in total. The molecule has 0 heterocycles. The van der Waals surface area contributed by atoms with Crippen molar-refractivity contribution < 1.29 is 14.6 Å². The Bertz CT molecular complexity index is 241. The Morgan fingerprint density at radius 1 is 1.53 bits per heavy atom. The molecular weight excluding hydrogens is 194 g/mol. The fourth-order valence-corrected chi connectivity index (χ4v) is 1.44. The predicted molar refractivity (Wildman–Crippen MR) is 57.6 cm³/mol. The zero-order valence-electron chi connectivity index (χ0n) is 9.96. The van der Waals surface area contributed by atoms with Crippen molar-refractivity contribution in [2.75, 3.05) is 6.61 Å². The summed E-state index contributed by atoms with van der Waals surface area (Å²) in [6, 6.07) is -0.188. The molecule has 0 bridgehead atoms. The van der Waals surface area contributed by atoms with Gasteiger partial charge in [0.05, 0.1) is 12.6 Å². The van der Waals surface area contributed by atoms with E-state index in [1.54, 1.807) is 0 Å².